The first kappa shape index (κ1) is 23.4. The molecule has 0 atom stereocenters. The summed E-state index contributed by atoms with van der Waals surface area (Å²) in [5, 5.41) is 8.94. The highest BCUT2D eigenvalue weighted by Crippen LogP contribution is 2.39. The van der Waals surface area contributed by atoms with Crippen LogP contribution in [0.3, 0.4) is 0 Å². The van der Waals surface area contributed by atoms with Crippen molar-refractivity contribution in [2.45, 2.75) is 4.90 Å². The van der Waals surface area contributed by atoms with Gasteiger partial charge in [0, 0.05) is 29.7 Å². The maximum absolute atomic E-state index is 12.8. The van der Waals surface area contributed by atoms with Crippen molar-refractivity contribution in [2.24, 2.45) is 5.14 Å². The van der Waals surface area contributed by atoms with E-state index in [-0.39, 0.29) is 16.4 Å². The van der Waals surface area contributed by atoms with Crippen LogP contribution >= 0.6 is 34.5 Å². The van der Waals surface area contributed by atoms with Gasteiger partial charge in [0.25, 0.3) is 5.56 Å². The summed E-state index contributed by atoms with van der Waals surface area (Å²) in [4.78, 5) is 27.0. The zero-order valence-electron chi connectivity index (χ0n) is 17.5. The number of aromatic nitrogens is 4. The van der Waals surface area contributed by atoms with Crippen molar-refractivity contribution in [3.63, 3.8) is 0 Å². The van der Waals surface area contributed by atoms with Gasteiger partial charge in [0.15, 0.2) is 4.96 Å². The number of sulfonamides is 1. The predicted molar refractivity (Wildman–Crippen MR) is 137 cm³/mol. The van der Waals surface area contributed by atoms with Crippen LogP contribution in [-0.2, 0) is 10.0 Å². The van der Waals surface area contributed by atoms with Crippen LogP contribution in [0.15, 0.2) is 76.7 Å². The van der Waals surface area contributed by atoms with Gasteiger partial charge in [-0.2, -0.15) is 0 Å². The lowest BCUT2D eigenvalue weighted by Gasteiger charge is -2.09. The highest BCUT2D eigenvalue weighted by atomic mass is 35.5. The molecular weight excluding hydrogens is 531 g/mol. The van der Waals surface area contributed by atoms with Gasteiger partial charge in [0.2, 0.25) is 16.0 Å². The summed E-state index contributed by atoms with van der Waals surface area (Å²) in [6.07, 6.45) is 3.00. The molecule has 3 heterocycles. The number of nitrogens with zero attached hydrogens (tertiary/aromatic N) is 4. The third-order valence-electron chi connectivity index (χ3n) is 4.95. The average molecular weight is 545 g/mol. The molecule has 176 valence electrons. The van der Waals surface area contributed by atoms with Crippen LogP contribution in [0, 0.1) is 0 Å². The second-order valence-electron chi connectivity index (χ2n) is 7.27. The second kappa shape index (κ2) is 9.02. The number of hydrogen-bond acceptors (Lipinski definition) is 8. The van der Waals surface area contributed by atoms with Crippen LogP contribution in [0.25, 0.3) is 26.8 Å². The SMILES string of the molecule is NS(=O)(=O)c1cccc(Nc2nccc(-c3sc4nccc(=O)n4c3-c3ccc(Cl)c(Cl)c3)n2)c1. The summed E-state index contributed by atoms with van der Waals surface area (Å²) in [7, 11) is -3.87. The molecule has 0 aliphatic rings. The number of thiazole rings is 1. The van der Waals surface area contributed by atoms with E-state index < -0.39 is 10.0 Å². The fraction of sp³-hybridized carbons (Fsp3) is 0. The van der Waals surface area contributed by atoms with Crippen molar-refractivity contribution in [1.82, 2.24) is 19.4 Å². The second-order valence-corrected chi connectivity index (χ2v) is 10.6. The van der Waals surface area contributed by atoms with E-state index in [1.807, 2.05) is 0 Å². The molecule has 0 bridgehead atoms. The molecule has 5 rings (SSSR count). The summed E-state index contributed by atoms with van der Waals surface area (Å²) in [6, 6.07) is 14.1. The minimum absolute atomic E-state index is 0.0458. The zero-order valence-corrected chi connectivity index (χ0v) is 20.7. The molecule has 0 spiro atoms. The third kappa shape index (κ3) is 4.64. The van der Waals surface area contributed by atoms with E-state index in [4.69, 9.17) is 28.3 Å². The first-order valence-electron chi connectivity index (χ1n) is 9.90. The Morgan fingerprint density at radius 3 is 2.54 bits per heavy atom. The molecule has 0 fully saturated rings. The van der Waals surface area contributed by atoms with Gasteiger partial charge in [0.05, 0.1) is 31.2 Å². The normalized spacial score (nSPS) is 11.6. The Hall–Kier alpha value is -3.35. The number of fused-ring (bicyclic) bond motifs is 1. The van der Waals surface area contributed by atoms with Gasteiger partial charge in [-0.3, -0.25) is 9.20 Å². The fourth-order valence-electron chi connectivity index (χ4n) is 3.41. The van der Waals surface area contributed by atoms with Crippen molar-refractivity contribution < 1.29 is 8.42 Å². The summed E-state index contributed by atoms with van der Waals surface area (Å²) < 4.78 is 24.8. The molecule has 0 saturated heterocycles. The van der Waals surface area contributed by atoms with Crippen LogP contribution in [0.4, 0.5) is 11.6 Å². The Balaban J connectivity index is 1.64. The number of benzene rings is 2. The van der Waals surface area contributed by atoms with Gasteiger partial charge in [-0.05, 0) is 36.4 Å². The third-order valence-corrected chi connectivity index (χ3v) is 7.67. The van der Waals surface area contributed by atoms with E-state index in [9.17, 15) is 13.2 Å². The van der Waals surface area contributed by atoms with Crippen molar-refractivity contribution in [3.05, 3.63) is 87.4 Å². The number of nitrogens with two attached hydrogens (primary N) is 1. The van der Waals surface area contributed by atoms with E-state index in [1.165, 1.54) is 40.1 Å². The summed E-state index contributed by atoms with van der Waals surface area (Å²) in [5.74, 6) is 0.215. The number of primary sulfonamides is 1. The smallest absolute Gasteiger partial charge is 0.258 e. The van der Waals surface area contributed by atoms with Gasteiger partial charge in [-0.25, -0.2) is 28.5 Å². The average Bonchev–Trinajstić information content (AvgIpc) is 3.22. The molecule has 35 heavy (non-hydrogen) atoms. The molecule has 3 N–H and O–H groups in total. The quantitative estimate of drug-likeness (QED) is 0.331. The Labute approximate surface area is 212 Å². The van der Waals surface area contributed by atoms with Gasteiger partial charge >= 0.3 is 0 Å². The number of anilines is 2. The van der Waals surface area contributed by atoms with Gasteiger partial charge in [-0.1, -0.05) is 46.7 Å². The molecule has 3 aromatic heterocycles. The van der Waals surface area contributed by atoms with E-state index in [2.05, 4.69) is 20.3 Å². The topological polar surface area (TPSA) is 132 Å². The monoisotopic (exact) mass is 544 g/mol. The Kier molecular flexibility index (Phi) is 6.03. The zero-order chi connectivity index (χ0) is 24.7. The van der Waals surface area contributed by atoms with Gasteiger partial charge in [-0.15, -0.1) is 0 Å². The number of hydrogen-bond donors (Lipinski definition) is 2. The minimum Gasteiger partial charge on any atom is -0.324 e. The molecule has 5 aromatic rings. The highest BCUT2D eigenvalue weighted by Gasteiger charge is 2.20. The standard InChI is InChI=1S/C22H14Cl2N6O3S2/c23-15-5-4-12(10-16(15)24)19-20(34-22-27-9-7-18(31)30(19)22)17-6-8-26-21(29-17)28-13-2-1-3-14(11-13)35(25,32)33/h1-11H,(H2,25,32,33)(H,26,28,29). The molecule has 0 amide bonds. The van der Waals surface area contributed by atoms with Gasteiger partial charge < -0.3 is 5.32 Å². The molecule has 13 heteroatoms. The fourth-order valence-corrected chi connectivity index (χ4v) is 5.36. The van der Waals surface area contributed by atoms with Crippen LogP contribution in [0.1, 0.15) is 0 Å². The lowest BCUT2D eigenvalue weighted by atomic mass is 10.1. The van der Waals surface area contributed by atoms with Crippen LogP contribution in [-0.4, -0.2) is 27.8 Å². The minimum atomic E-state index is -3.87. The lowest BCUT2D eigenvalue weighted by molar-refractivity contribution is 0.598. The van der Waals surface area contributed by atoms with Crippen LogP contribution in [0.5, 0.6) is 0 Å². The number of halogens is 2. The van der Waals surface area contributed by atoms with E-state index in [0.717, 1.165) is 0 Å². The summed E-state index contributed by atoms with van der Waals surface area (Å²) in [6.45, 7) is 0. The van der Waals surface area contributed by atoms with Crippen molar-refractivity contribution in [1.29, 1.82) is 0 Å². The predicted octanol–water partition coefficient (Wildman–Crippen LogP) is 4.58. The highest BCUT2D eigenvalue weighted by molar-refractivity contribution is 7.89. The molecule has 0 aliphatic heterocycles. The van der Waals surface area contributed by atoms with Crippen LogP contribution < -0.4 is 16.0 Å². The molecule has 0 aliphatic carbocycles. The Bertz CT molecular complexity index is 1770. The largest absolute Gasteiger partial charge is 0.324 e. The first-order chi connectivity index (χ1) is 16.7. The molecule has 9 nitrogen and oxygen atoms in total. The van der Waals surface area contributed by atoms with Crippen molar-refractivity contribution >= 4 is 61.2 Å². The Morgan fingerprint density at radius 1 is 0.971 bits per heavy atom. The lowest BCUT2D eigenvalue weighted by Crippen LogP contribution is -2.12. The maximum Gasteiger partial charge on any atom is 0.258 e. The summed E-state index contributed by atoms with van der Waals surface area (Å²) >= 11 is 13.6. The van der Waals surface area contributed by atoms with E-state index in [0.29, 0.717) is 42.5 Å². The van der Waals surface area contributed by atoms with E-state index >= 15 is 0 Å². The Morgan fingerprint density at radius 2 is 1.77 bits per heavy atom. The molecule has 2 aromatic carbocycles. The first-order valence-corrected chi connectivity index (χ1v) is 13.0. The molecular formula is C22H14Cl2N6O3S2. The van der Waals surface area contributed by atoms with Crippen LogP contribution in [0.2, 0.25) is 10.0 Å². The van der Waals surface area contributed by atoms with E-state index in [1.54, 1.807) is 42.6 Å². The maximum atomic E-state index is 12.8. The van der Waals surface area contributed by atoms with Crippen molar-refractivity contribution in [3.8, 4) is 21.8 Å². The molecule has 0 unspecified atom stereocenters. The summed E-state index contributed by atoms with van der Waals surface area (Å²) in [5.41, 5.74) is 1.91. The van der Waals surface area contributed by atoms with Gasteiger partial charge in [0.1, 0.15) is 0 Å². The molecule has 0 radical (unpaired) electrons. The number of rotatable bonds is 5. The molecule has 0 saturated carbocycles. The van der Waals surface area contributed by atoms with Crippen molar-refractivity contribution in [2.75, 3.05) is 5.32 Å². The number of nitrogens with one attached hydrogen (secondary N) is 1.